The first kappa shape index (κ1) is 12.6. The quantitative estimate of drug-likeness (QED) is 0.689. The van der Waals surface area contributed by atoms with Crippen molar-refractivity contribution in [1.29, 1.82) is 0 Å². The van der Waals surface area contributed by atoms with Crippen LogP contribution in [0.25, 0.3) is 0 Å². The SMILES string of the molecule is CC(O)C1CCN(C(=O)C2C=CC(N)C2)CC1. The van der Waals surface area contributed by atoms with Crippen LogP contribution in [0.5, 0.6) is 0 Å². The number of nitrogens with zero attached hydrogens (tertiary/aromatic N) is 1. The third-order valence-electron chi connectivity index (χ3n) is 3.97. The number of carbonyl (C=O) groups excluding carboxylic acids is 1. The molecule has 0 radical (unpaired) electrons. The zero-order valence-electron chi connectivity index (χ0n) is 10.4. The highest BCUT2D eigenvalue weighted by Gasteiger charge is 2.30. The van der Waals surface area contributed by atoms with Crippen LogP contribution < -0.4 is 5.73 Å². The molecule has 2 rings (SSSR count). The standard InChI is InChI=1S/C13H22N2O2/c1-9(16)10-4-6-15(7-5-10)13(17)11-2-3-12(14)8-11/h2-3,9-12,16H,4-8,14H2,1H3. The molecule has 2 aliphatic rings. The van der Waals surface area contributed by atoms with Gasteiger partial charge in [-0.1, -0.05) is 12.2 Å². The molecule has 0 aromatic rings. The van der Waals surface area contributed by atoms with E-state index in [2.05, 4.69) is 0 Å². The Balaban J connectivity index is 1.84. The van der Waals surface area contributed by atoms with Crippen LogP contribution in [0.1, 0.15) is 26.2 Å². The van der Waals surface area contributed by atoms with E-state index >= 15 is 0 Å². The summed E-state index contributed by atoms with van der Waals surface area (Å²) in [4.78, 5) is 14.1. The molecule has 4 heteroatoms. The lowest BCUT2D eigenvalue weighted by Gasteiger charge is -2.34. The van der Waals surface area contributed by atoms with E-state index < -0.39 is 0 Å². The molecule has 0 aromatic heterocycles. The second-order valence-electron chi connectivity index (χ2n) is 5.29. The Hall–Kier alpha value is -0.870. The third-order valence-corrected chi connectivity index (χ3v) is 3.97. The number of likely N-dealkylation sites (tertiary alicyclic amines) is 1. The lowest BCUT2D eigenvalue weighted by atomic mass is 9.91. The summed E-state index contributed by atoms with van der Waals surface area (Å²) in [6, 6.07) is 0.0407. The summed E-state index contributed by atoms with van der Waals surface area (Å²) in [5.74, 6) is 0.534. The Labute approximate surface area is 102 Å². The number of amides is 1. The molecule has 0 saturated carbocycles. The second kappa shape index (κ2) is 5.19. The Kier molecular flexibility index (Phi) is 3.84. The van der Waals surface area contributed by atoms with E-state index in [0.29, 0.717) is 5.92 Å². The molecule has 3 atom stereocenters. The Morgan fingerprint density at radius 1 is 1.41 bits per heavy atom. The minimum absolute atomic E-state index is 0.0203. The maximum absolute atomic E-state index is 12.2. The van der Waals surface area contributed by atoms with E-state index in [-0.39, 0.29) is 24.0 Å². The van der Waals surface area contributed by atoms with Crippen molar-refractivity contribution in [2.45, 2.75) is 38.3 Å². The van der Waals surface area contributed by atoms with Gasteiger partial charge >= 0.3 is 0 Å². The Morgan fingerprint density at radius 3 is 2.53 bits per heavy atom. The molecule has 1 fully saturated rings. The maximum Gasteiger partial charge on any atom is 0.229 e. The van der Waals surface area contributed by atoms with Gasteiger partial charge in [-0.25, -0.2) is 0 Å². The molecule has 1 heterocycles. The molecular weight excluding hydrogens is 216 g/mol. The molecule has 0 bridgehead atoms. The minimum atomic E-state index is -0.257. The first-order valence-corrected chi connectivity index (χ1v) is 6.48. The zero-order valence-corrected chi connectivity index (χ0v) is 10.4. The molecule has 0 aromatic carbocycles. The highest BCUT2D eigenvalue weighted by molar-refractivity contribution is 5.81. The number of hydrogen-bond donors (Lipinski definition) is 2. The predicted octanol–water partition coefficient (Wildman–Crippen LogP) is 0.509. The van der Waals surface area contributed by atoms with Crippen molar-refractivity contribution in [3.63, 3.8) is 0 Å². The van der Waals surface area contributed by atoms with Crippen LogP contribution in [-0.4, -0.2) is 41.1 Å². The van der Waals surface area contributed by atoms with Gasteiger partial charge in [0, 0.05) is 19.1 Å². The number of carbonyl (C=O) groups is 1. The molecule has 3 unspecified atom stereocenters. The number of piperidine rings is 1. The minimum Gasteiger partial charge on any atom is -0.393 e. The normalized spacial score (nSPS) is 31.8. The van der Waals surface area contributed by atoms with Gasteiger partial charge in [-0.2, -0.15) is 0 Å². The van der Waals surface area contributed by atoms with Crippen molar-refractivity contribution >= 4 is 5.91 Å². The molecule has 3 N–H and O–H groups in total. The summed E-state index contributed by atoms with van der Waals surface area (Å²) in [5, 5.41) is 9.52. The molecule has 1 aliphatic carbocycles. The van der Waals surface area contributed by atoms with Crippen LogP contribution in [0.3, 0.4) is 0 Å². The highest BCUT2D eigenvalue weighted by atomic mass is 16.3. The summed E-state index contributed by atoms with van der Waals surface area (Å²) in [7, 11) is 0. The molecule has 1 saturated heterocycles. The smallest absolute Gasteiger partial charge is 0.229 e. The summed E-state index contributed by atoms with van der Waals surface area (Å²) in [6.07, 6.45) is 6.17. The van der Waals surface area contributed by atoms with Gasteiger partial charge in [-0.15, -0.1) is 0 Å². The molecule has 1 aliphatic heterocycles. The van der Waals surface area contributed by atoms with E-state index in [1.807, 2.05) is 24.0 Å². The molecular formula is C13H22N2O2. The zero-order chi connectivity index (χ0) is 12.4. The van der Waals surface area contributed by atoms with Crippen LogP contribution >= 0.6 is 0 Å². The first-order chi connectivity index (χ1) is 8.08. The summed E-state index contributed by atoms with van der Waals surface area (Å²) < 4.78 is 0. The van der Waals surface area contributed by atoms with Crippen molar-refractivity contribution < 1.29 is 9.90 Å². The van der Waals surface area contributed by atoms with Gasteiger partial charge in [0.1, 0.15) is 0 Å². The fourth-order valence-corrected chi connectivity index (χ4v) is 2.75. The molecule has 1 amide bonds. The van der Waals surface area contributed by atoms with Crippen molar-refractivity contribution in [3.8, 4) is 0 Å². The number of aliphatic hydroxyl groups excluding tert-OH is 1. The van der Waals surface area contributed by atoms with Crippen molar-refractivity contribution in [3.05, 3.63) is 12.2 Å². The lowest BCUT2D eigenvalue weighted by Crippen LogP contribution is -2.43. The maximum atomic E-state index is 12.2. The van der Waals surface area contributed by atoms with Crippen LogP contribution in [-0.2, 0) is 4.79 Å². The number of aliphatic hydroxyl groups is 1. The molecule has 17 heavy (non-hydrogen) atoms. The van der Waals surface area contributed by atoms with Gasteiger partial charge in [0.25, 0.3) is 0 Å². The average Bonchev–Trinajstić information content (AvgIpc) is 2.75. The molecule has 0 spiro atoms. The van der Waals surface area contributed by atoms with Crippen molar-refractivity contribution in [2.75, 3.05) is 13.1 Å². The summed E-state index contributed by atoms with van der Waals surface area (Å²) in [6.45, 7) is 3.38. The summed E-state index contributed by atoms with van der Waals surface area (Å²) >= 11 is 0. The van der Waals surface area contributed by atoms with E-state index in [0.717, 1.165) is 32.4 Å². The molecule has 4 nitrogen and oxygen atoms in total. The van der Waals surface area contributed by atoms with Crippen LogP contribution in [0.4, 0.5) is 0 Å². The highest BCUT2D eigenvalue weighted by Crippen LogP contribution is 2.24. The van der Waals surface area contributed by atoms with Gasteiger partial charge in [0.2, 0.25) is 5.91 Å². The fourth-order valence-electron chi connectivity index (χ4n) is 2.75. The third kappa shape index (κ3) is 2.87. The van der Waals surface area contributed by atoms with E-state index in [4.69, 9.17) is 5.73 Å². The number of nitrogens with two attached hydrogens (primary N) is 1. The van der Waals surface area contributed by atoms with Crippen molar-refractivity contribution in [1.82, 2.24) is 4.90 Å². The van der Waals surface area contributed by atoms with Crippen molar-refractivity contribution in [2.24, 2.45) is 17.6 Å². The van der Waals surface area contributed by atoms with Gasteiger partial charge in [0.15, 0.2) is 0 Å². The Bertz CT molecular complexity index is 307. The second-order valence-corrected chi connectivity index (χ2v) is 5.29. The lowest BCUT2D eigenvalue weighted by molar-refractivity contribution is -0.136. The van der Waals surface area contributed by atoms with Gasteiger partial charge < -0.3 is 15.7 Å². The Morgan fingerprint density at radius 2 is 2.06 bits per heavy atom. The van der Waals surface area contributed by atoms with Gasteiger partial charge in [-0.3, -0.25) is 4.79 Å². The van der Waals surface area contributed by atoms with E-state index in [1.54, 1.807) is 0 Å². The van der Waals surface area contributed by atoms with E-state index in [9.17, 15) is 9.90 Å². The van der Waals surface area contributed by atoms with Crippen LogP contribution in [0.2, 0.25) is 0 Å². The number of hydrogen-bond acceptors (Lipinski definition) is 3. The van der Waals surface area contributed by atoms with Crippen LogP contribution in [0.15, 0.2) is 12.2 Å². The summed E-state index contributed by atoms with van der Waals surface area (Å²) in [5.41, 5.74) is 5.76. The van der Waals surface area contributed by atoms with Crippen LogP contribution in [0, 0.1) is 11.8 Å². The molecule has 96 valence electrons. The van der Waals surface area contributed by atoms with E-state index in [1.165, 1.54) is 0 Å². The largest absolute Gasteiger partial charge is 0.393 e. The fraction of sp³-hybridized carbons (Fsp3) is 0.769. The first-order valence-electron chi connectivity index (χ1n) is 6.48. The average molecular weight is 238 g/mol. The monoisotopic (exact) mass is 238 g/mol. The van der Waals surface area contributed by atoms with Gasteiger partial charge in [0.05, 0.1) is 12.0 Å². The van der Waals surface area contributed by atoms with Gasteiger partial charge in [-0.05, 0) is 32.1 Å². The predicted molar refractivity (Wildman–Crippen MR) is 66.2 cm³/mol. The topological polar surface area (TPSA) is 66.6 Å². The number of rotatable bonds is 2.